The molecule has 0 amide bonds. The molecule has 2 aromatic rings. The minimum absolute atomic E-state index is 0.0612. The van der Waals surface area contributed by atoms with E-state index in [0.29, 0.717) is 16.7 Å². The van der Waals surface area contributed by atoms with E-state index in [2.05, 4.69) is 0 Å². The van der Waals surface area contributed by atoms with Gasteiger partial charge in [0.25, 0.3) is 0 Å². The third kappa shape index (κ3) is 3.85. The van der Waals surface area contributed by atoms with E-state index < -0.39 is 17.7 Å². The second kappa shape index (κ2) is 8.70. The Morgan fingerprint density at radius 1 is 1.27 bits per heavy atom. The second-order valence-corrected chi connectivity index (χ2v) is 6.59. The molecule has 0 saturated heterocycles. The fourth-order valence-electron chi connectivity index (χ4n) is 3.43. The number of halogens is 1. The van der Waals surface area contributed by atoms with Gasteiger partial charge in [-0.2, -0.15) is 5.26 Å². The van der Waals surface area contributed by atoms with E-state index in [1.165, 1.54) is 13.2 Å². The van der Waals surface area contributed by atoms with Gasteiger partial charge in [0.05, 0.1) is 25.2 Å². The number of hydrogen-bond acceptors (Lipinski definition) is 6. The lowest BCUT2D eigenvalue weighted by Gasteiger charge is -2.27. The quantitative estimate of drug-likeness (QED) is 0.747. The Bertz CT molecular complexity index is 1100. The minimum Gasteiger partial charge on any atom is -0.494 e. The van der Waals surface area contributed by atoms with Crippen LogP contribution in [0.3, 0.4) is 0 Å². The molecule has 1 aliphatic heterocycles. The largest absolute Gasteiger partial charge is 0.494 e. The summed E-state index contributed by atoms with van der Waals surface area (Å²) in [6.07, 6.45) is 0. The highest BCUT2D eigenvalue weighted by Gasteiger charge is 2.36. The molecule has 0 fully saturated rings. The van der Waals surface area contributed by atoms with Crippen LogP contribution in [0.5, 0.6) is 5.75 Å². The zero-order chi connectivity index (χ0) is 21.8. The summed E-state index contributed by atoms with van der Waals surface area (Å²) < 4.78 is 29.8. The number of nitriles is 1. The molecule has 2 aromatic carbocycles. The molecule has 0 bridgehead atoms. The van der Waals surface area contributed by atoms with E-state index in [4.69, 9.17) is 19.9 Å². The lowest BCUT2D eigenvalue weighted by Crippen LogP contribution is -2.25. The molecule has 1 heterocycles. The van der Waals surface area contributed by atoms with Crippen molar-refractivity contribution in [2.45, 2.75) is 19.8 Å². The first kappa shape index (κ1) is 20.9. The third-order valence-corrected chi connectivity index (χ3v) is 4.81. The highest BCUT2D eigenvalue weighted by atomic mass is 19.1. The van der Waals surface area contributed by atoms with Crippen LogP contribution in [-0.4, -0.2) is 19.7 Å². The molecule has 2 N–H and O–H groups in total. The number of esters is 1. The number of nitrogens with two attached hydrogens (primary N) is 1. The lowest BCUT2D eigenvalue weighted by atomic mass is 9.82. The van der Waals surface area contributed by atoms with Crippen LogP contribution in [0.4, 0.5) is 4.39 Å². The summed E-state index contributed by atoms with van der Waals surface area (Å²) in [5.74, 6) is -1.47. The van der Waals surface area contributed by atoms with Crippen LogP contribution in [0.15, 0.2) is 65.3 Å². The van der Waals surface area contributed by atoms with Crippen LogP contribution in [0, 0.1) is 17.1 Å². The molecule has 6 nitrogen and oxygen atoms in total. The normalized spacial score (nSPS) is 16.0. The molecule has 1 unspecified atom stereocenters. The monoisotopic (exact) mass is 408 g/mol. The smallest absolute Gasteiger partial charge is 0.338 e. The zero-order valence-corrected chi connectivity index (χ0v) is 16.9. The average molecular weight is 408 g/mol. The Balaban J connectivity index is 2.13. The van der Waals surface area contributed by atoms with Crippen molar-refractivity contribution < 1.29 is 23.4 Å². The molecule has 30 heavy (non-hydrogen) atoms. The van der Waals surface area contributed by atoms with Crippen LogP contribution < -0.4 is 10.5 Å². The van der Waals surface area contributed by atoms with Gasteiger partial charge in [0.2, 0.25) is 5.88 Å². The summed E-state index contributed by atoms with van der Waals surface area (Å²) in [5, 5.41) is 9.68. The molecule has 7 heteroatoms. The first-order chi connectivity index (χ1) is 14.4. The standard InChI is InChI=1S/C23H21FN2O4/c1-4-29-23(27)20-13(2)30-22(26)17(12-25)21(20)16-7-5-6-14(10-16)15-8-9-19(28-3)18(24)11-15/h5-11,21H,4,26H2,1-3H3. The van der Waals surface area contributed by atoms with Crippen molar-refractivity contribution in [1.29, 1.82) is 5.26 Å². The topological polar surface area (TPSA) is 94.6 Å². The summed E-state index contributed by atoms with van der Waals surface area (Å²) in [5.41, 5.74) is 8.21. The van der Waals surface area contributed by atoms with Crippen LogP contribution in [0.25, 0.3) is 11.1 Å². The number of methoxy groups -OCH3 is 1. The van der Waals surface area contributed by atoms with Crippen molar-refractivity contribution in [1.82, 2.24) is 0 Å². The molecule has 1 atom stereocenters. The Hall–Kier alpha value is -3.79. The van der Waals surface area contributed by atoms with E-state index >= 15 is 0 Å². The van der Waals surface area contributed by atoms with E-state index in [0.717, 1.165) is 0 Å². The number of rotatable bonds is 5. The number of hydrogen-bond donors (Lipinski definition) is 1. The number of ether oxygens (including phenoxy) is 3. The fraction of sp³-hybridized carbons (Fsp3) is 0.217. The van der Waals surface area contributed by atoms with Gasteiger partial charge in [-0.3, -0.25) is 0 Å². The molecule has 3 rings (SSSR count). The molecule has 0 aliphatic carbocycles. The zero-order valence-electron chi connectivity index (χ0n) is 16.9. The van der Waals surface area contributed by atoms with Crippen LogP contribution >= 0.6 is 0 Å². The number of carbonyl (C=O) groups excluding carboxylic acids is 1. The van der Waals surface area contributed by atoms with Gasteiger partial charge in [0.1, 0.15) is 17.4 Å². The first-order valence-electron chi connectivity index (χ1n) is 9.30. The first-order valence-corrected chi connectivity index (χ1v) is 9.30. The van der Waals surface area contributed by atoms with Crippen LogP contribution in [0.1, 0.15) is 25.3 Å². The van der Waals surface area contributed by atoms with Gasteiger partial charge in [-0.15, -0.1) is 0 Å². The maximum atomic E-state index is 14.2. The van der Waals surface area contributed by atoms with Crippen molar-refractivity contribution in [3.8, 4) is 22.9 Å². The molecule has 0 aromatic heterocycles. The number of nitrogens with zero attached hydrogens (tertiary/aromatic N) is 1. The summed E-state index contributed by atoms with van der Waals surface area (Å²) >= 11 is 0. The lowest BCUT2D eigenvalue weighted by molar-refractivity contribution is -0.139. The van der Waals surface area contributed by atoms with Gasteiger partial charge in [-0.25, -0.2) is 9.18 Å². The van der Waals surface area contributed by atoms with Gasteiger partial charge in [-0.1, -0.05) is 30.3 Å². The van der Waals surface area contributed by atoms with E-state index in [-0.39, 0.29) is 35.1 Å². The van der Waals surface area contributed by atoms with Gasteiger partial charge in [0.15, 0.2) is 11.6 Å². The highest BCUT2D eigenvalue weighted by Crippen LogP contribution is 2.40. The van der Waals surface area contributed by atoms with E-state index in [1.807, 2.05) is 12.1 Å². The molecule has 0 saturated carbocycles. The third-order valence-electron chi connectivity index (χ3n) is 4.81. The number of benzene rings is 2. The predicted octanol–water partition coefficient (Wildman–Crippen LogP) is 4.15. The molecular weight excluding hydrogens is 387 g/mol. The summed E-state index contributed by atoms with van der Waals surface area (Å²) in [6.45, 7) is 3.47. The SMILES string of the molecule is CCOC(=O)C1=C(C)OC(N)=C(C#N)C1c1cccc(-c2ccc(OC)c(F)c2)c1. The summed E-state index contributed by atoms with van der Waals surface area (Å²) in [6, 6.07) is 13.8. The Kier molecular flexibility index (Phi) is 6.07. The number of carbonyl (C=O) groups is 1. The van der Waals surface area contributed by atoms with Crippen LogP contribution in [-0.2, 0) is 14.3 Å². The van der Waals surface area contributed by atoms with Gasteiger partial charge < -0.3 is 19.9 Å². The molecule has 1 aliphatic rings. The van der Waals surface area contributed by atoms with E-state index in [9.17, 15) is 14.4 Å². The average Bonchev–Trinajstić information content (AvgIpc) is 2.73. The maximum Gasteiger partial charge on any atom is 0.338 e. The fourth-order valence-corrected chi connectivity index (χ4v) is 3.43. The van der Waals surface area contributed by atoms with Crippen molar-refractivity contribution in [3.63, 3.8) is 0 Å². The van der Waals surface area contributed by atoms with Gasteiger partial charge in [0, 0.05) is 0 Å². The Morgan fingerprint density at radius 2 is 2.00 bits per heavy atom. The van der Waals surface area contributed by atoms with Crippen molar-refractivity contribution in [3.05, 3.63) is 76.6 Å². The van der Waals surface area contributed by atoms with Gasteiger partial charge in [-0.05, 0) is 42.7 Å². The highest BCUT2D eigenvalue weighted by molar-refractivity contribution is 5.92. The maximum absolute atomic E-state index is 14.2. The minimum atomic E-state index is -0.758. The number of allylic oxidation sites excluding steroid dienone is 2. The van der Waals surface area contributed by atoms with Crippen molar-refractivity contribution >= 4 is 5.97 Å². The van der Waals surface area contributed by atoms with Crippen molar-refractivity contribution in [2.24, 2.45) is 5.73 Å². The molecule has 0 spiro atoms. The Morgan fingerprint density at radius 3 is 2.63 bits per heavy atom. The van der Waals surface area contributed by atoms with E-state index in [1.54, 1.807) is 44.2 Å². The summed E-state index contributed by atoms with van der Waals surface area (Å²) in [4.78, 5) is 12.6. The van der Waals surface area contributed by atoms with Crippen molar-refractivity contribution in [2.75, 3.05) is 13.7 Å². The summed E-state index contributed by atoms with van der Waals surface area (Å²) in [7, 11) is 1.40. The molecule has 154 valence electrons. The Labute approximate surface area is 174 Å². The second-order valence-electron chi connectivity index (χ2n) is 6.59. The van der Waals surface area contributed by atoms with Crippen LogP contribution in [0.2, 0.25) is 0 Å². The predicted molar refractivity (Wildman–Crippen MR) is 108 cm³/mol. The van der Waals surface area contributed by atoms with Gasteiger partial charge >= 0.3 is 5.97 Å². The molecular formula is C23H21FN2O4. The molecule has 0 radical (unpaired) electrons.